The summed E-state index contributed by atoms with van der Waals surface area (Å²) >= 11 is 0. The minimum atomic E-state index is 0.706. The molecule has 0 aliphatic heterocycles. The van der Waals surface area contributed by atoms with Gasteiger partial charge in [0.25, 0.3) is 0 Å². The van der Waals surface area contributed by atoms with Crippen LogP contribution in [0.2, 0.25) is 0 Å². The van der Waals surface area contributed by atoms with E-state index in [1.807, 2.05) is 12.4 Å². The first-order valence-corrected chi connectivity index (χ1v) is 8.57. The fourth-order valence-corrected chi connectivity index (χ4v) is 3.61. The third-order valence-electron chi connectivity index (χ3n) is 4.81. The van der Waals surface area contributed by atoms with Crippen LogP contribution in [0.4, 0.5) is 0 Å². The van der Waals surface area contributed by atoms with Crippen LogP contribution in [0, 0.1) is 11.8 Å². The van der Waals surface area contributed by atoms with E-state index >= 15 is 0 Å². The van der Waals surface area contributed by atoms with Gasteiger partial charge >= 0.3 is 0 Å². The van der Waals surface area contributed by atoms with E-state index in [1.54, 1.807) is 0 Å². The average molecular weight is 289 g/mol. The van der Waals surface area contributed by atoms with Crippen LogP contribution in [0.3, 0.4) is 0 Å². The summed E-state index contributed by atoms with van der Waals surface area (Å²) < 4.78 is 0. The number of aromatic nitrogens is 1. The molecule has 21 heavy (non-hydrogen) atoms. The summed E-state index contributed by atoms with van der Waals surface area (Å²) in [6.45, 7) is 11.4. The Balaban J connectivity index is 1.94. The Morgan fingerprint density at radius 1 is 1.24 bits per heavy atom. The molecule has 1 heterocycles. The third-order valence-corrected chi connectivity index (χ3v) is 4.81. The molecule has 1 aromatic rings. The maximum atomic E-state index is 4.11. The smallest absolute Gasteiger partial charge is 0.0271 e. The number of rotatable bonds is 7. The van der Waals surface area contributed by atoms with Gasteiger partial charge in [-0.15, -0.1) is 0 Å². The summed E-state index contributed by atoms with van der Waals surface area (Å²) in [6.07, 6.45) is 7.88. The van der Waals surface area contributed by atoms with E-state index in [2.05, 4.69) is 48.1 Å². The molecule has 3 atom stereocenters. The molecule has 1 N–H and O–H groups in total. The monoisotopic (exact) mass is 289 g/mol. The predicted molar refractivity (Wildman–Crippen MR) is 89.2 cm³/mol. The standard InChI is InChI=1S/C18H31N3/c1-4-20-18-7-6-15(3)12-17(18)14-21(5-2)13-16-8-10-19-11-9-16/h8-11,15,17-18,20H,4-7,12-14H2,1-3H3. The van der Waals surface area contributed by atoms with E-state index in [0.29, 0.717) is 6.04 Å². The Morgan fingerprint density at radius 2 is 2.00 bits per heavy atom. The van der Waals surface area contributed by atoms with E-state index in [0.717, 1.165) is 31.5 Å². The van der Waals surface area contributed by atoms with Gasteiger partial charge in [0.15, 0.2) is 0 Å². The Bertz CT molecular complexity index is 393. The maximum absolute atomic E-state index is 4.11. The average Bonchev–Trinajstić information content (AvgIpc) is 2.50. The Hall–Kier alpha value is -0.930. The molecular weight excluding hydrogens is 258 g/mol. The van der Waals surface area contributed by atoms with E-state index in [9.17, 15) is 0 Å². The topological polar surface area (TPSA) is 28.2 Å². The number of hydrogen-bond donors (Lipinski definition) is 1. The minimum Gasteiger partial charge on any atom is -0.314 e. The Morgan fingerprint density at radius 3 is 2.67 bits per heavy atom. The SMILES string of the molecule is CCNC1CCC(C)CC1CN(CC)Cc1ccncc1. The second kappa shape index (κ2) is 8.50. The lowest BCUT2D eigenvalue weighted by Gasteiger charge is -2.38. The van der Waals surface area contributed by atoms with Gasteiger partial charge in [-0.25, -0.2) is 0 Å². The van der Waals surface area contributed by atoms with Gasteiger partial charge in [0.2, 0.25) is 0 Å². The van der Waals surface area contributed by atoms with Crippen molar-refractivity contribution in [3.05, 3.63) is 30.1 Å². The molecule has 3 heteroatoms. The lowest BCUT2D eigenvalue weighted by atomic mass is 9.78. The third kappa shape index (κ3) is 5.08. The summed E-state index contributed by atoms with van der Waals surface area (Å²) in [5.41, 5.74) is 1.37. The number of hydrogen-bond acceptors (Lipinski definition) is 3. The first-order chi connectivity index (χ1) is 10.2. The first-order valence-electron chi connectivity index (χ1n) is 8.57. The van der Waals surface area contributed by atoms with Gasteiger partial charge in [-0.3, -0.25) is 9.88 Å². The highest BCUT2D eigenvalue weighted by molar-refractivity contribution is 5.09. The second-order valence-corrected chi connectivity index (χ2v) is 6.53. The van der Waals surface area contributed by atoms with Gasteiger partial charge in [0, 0.05) is 31.5 Å². The van der Waals surface area contributed by atoms with Crippen molar-refractivity contribution >= 4 is 0 Å². The molecule has 0 aromatic carbocycles. The van der Waals surface area contributed by atoms with Crippen molar-refractivity contribution in [1.82, 2.24) is 15.2 Å². The summed E-state index contributed by atoms with van der Waals surface area (Å²) in [5.74, 6) is 1.67. The van der Waals surface area contributed by atoms with E-state index < -0.39 is 0 Å². The minimum absolute atomic E-state index is 0.706. The van der Waals surface area contributed by atoms with Crippen LogP contribution < -0.4 is 5.32 Å². The molecule has 1 saturated carbocycles. The summed E-state index contributed by atoms with van der Waals surface area (Å²) in [5, 5.41) is 3.71. The largest absolute Gasteiger partial charge is 0.314 e. The van der Waals surface area contributed by atoms with Crippen molar-refractivity contribution in [2.45, 2.75) is 52.6 Å². The molecule has 0 radical (unpaired) electrons. The zero-order valence-corrected chi connectivity index (χ0v) is 13.9. The molecule has 0 spiro atoms. The molecule has 0 saturated heterocycles. The lowest BCUT2D eigenvalue weighted by molar-refractivity contribution is 0.145. The van der Waals surface area contributed by atoms with E-state index in [-0.39, 0.29) is 0 Å². The van der Waals surface area contributed by atoms with Crippen molar-refractivity contribution in [3.63, 3.8) is 0 Å². The quantitative estimate of drug-likeness (QED) is 0.834. The molecule has 2 rings (SSSR count). The van der Waals surface area contributed by atoms with Crippen LogP contribution in [0.1, 0.15) is 45.6 Å². The molecule has 0 amide bonds. The lowest BCUT2D eigenvalue weighted by Crippen LogP contribution is -2.45. The number of pyridine rings is 1. The fourth-order valence-electron chi connectivity index (χ4n) is 3.61. The van der Waals surface area contributed by atoms with Crippen molar-refractivity contribution in [2.24, 2.45) is 11.8 Å². The molecular formula is C18H31N3. The van der Waals surface area contributed by atoms with Crippen LogP contribution in [-0.2, 0) is 6.54 Å². The zero-order valence-electron chi connectivity index (χ0n) is 13.9. The van der Waals surface area contributed by atoms with Gasteiger partial charge in [-0.05, 0) is 61.9 Å². The highest BCUT2D eigenvalue weighted by Gasteiger charge is 2.29. The molecule has 1 aliphatic carbocycles. The molecule has 1 aliphatic rings. The van der Waals surface area contributed by atoms with Gasteiger partial charge in [-0.1, -0.05) is 20.8 Å². The normalized spacial score (nSPS) is 26.2. The van der Waals surface area contributed by atoms with Gasteiger partial charge in [0.1, 0.15) is 0 Å². The van der Waals surface area contributed by atoms with Gasteiger partial charge in [-0.2, -0.15) is 0 Å². The fraction of sp³-hybridized carbons (Fsp3) is 0.722. The van der Waals surface area contributed by atoms with Crippen LogP contribution in [0.25, 0.3) is 0 Å². The van der Waals surface area contributed by atoms with Crippen molar-refractivity contribution in [2.75, 3.05) is 19.6 Å². The second-order valence-electron chi connectivity index (χ2n) is 6.53. The predicted octanol–water partition coefficient (Wildman–Crippen LogP) is 3.32. The van der Waals surface area contributed by atoms with E-state index in [4.69, 9.17) is 0 Å². The highest BCUT2D eigenvalue weighted by atomic mass is 15.1. The van der Waals surface area contributed by atoms with Crippen LogP contribution >= 0.6 is 0 Å². The number of nitrogens with one attached hydrogen (secondary N) is 1. The Kier molecular flexibility index (Phi) is 6.65. The molecule has 118 valence electrons. The van der Waals surface area contributed by atoms with Crippen LogP contribution in [0.5, 0.6) is 0 Å². The summed E-state index contributed by atoms with van der Waals surface area (Å²) in [7, 11) is 0. The molecule has 1 fully saturated rings. The van der Waals surface area contributed by atoms with Crippen LogP contribution in [0.15, 0.2) is 24.5 Å². The van der Waals surface area contributed by atoms with Gasteiger partial charge in [0.05, 0.1) is 0 Å². The van der Waals surface area contributed by atoms with Crippen LogP contribution in [-0.4, -0.2) is 35.6 Å². The maximum Gasteiger partial charge on any atom is 0.0271 e. The van der Waals surface area contributed by atoms with Crippen molar-refractivity contribution in [3.8, 4) is 0 Å². The highest BCUT2D eigenvalue weighted by Crippen LogP contribution is 2.30. The first kappa shape index (κ1) is 16.4. The van der Waals surface area contributed by atoms with E-state index in [1.165, 1.54) is 31.4 Å². The Labute approximate surface area is 130 Å². The summed E-state index contributed by atoms with van der Waals surface area (Å²) in [4.78, 5) is 6.70. The number of nitrogens with zero attached hydrogens (tertiary/aromatic N) is 2. The summed E-state index contributed by atoms with van der Waals surface area (Å²) in [6, 6.07) is 4.97. The van der Waals surface area contributed by atoms with Crippen molar-refractivity contribution in [1.29, 1.82) is 0 Å². The zero-order chi connectivity index (χ0) is 15.1. The van der Waals surface area contributed by atoms with Gasteiger partial charge < -0.3 is 5.32 Å². The van der Waals surface area contributed by atoms with Crippen molar-refractivity contribution < 1.29 is 0 Å². The molecule has 1 aromatic heterocycles. The molecule has 0 bridgehead atoms. The molecule has 3 nitrogen and oxygen atoms in total. The molecule has 3 unspecified atom stereocenters.